The molecule has 1 aliphatic rings. The highest BCUT2D eigenvalue weighted by Gasteiger charge is 2.22. The normalized spacial score (nSPS) is 14.2. The summed E-state index contributed by atoms with van der Waals surface area (Å²) in [5.74, 6) is 2.23. The fourth-order valence-electron chi connectivity index (χ4n) is 3.44. The highest BCUT2D eigenvalue weighted by molar-refractivity contribution is 7.98. The minimum Gasteiger partial charge on any atom is -0.338 e. The van der Waals surface area contributed by atoms with Crippen LogP contribution in [-0.4, -0.2) is 19.7 Å². The Labute approximate surface area is 166 Å². The molecular weight excluding hydrogens is 380 g/mol. The molecule has 0 radical (unpaired) electrons. The summed E-state index contributed by atoms with van der Waals surface area (Å²) in [5, 5.41) is 5.45. The molecule has 0 spiro atoms. The van der Waals surface area contributed by atoms with Crippen molar-refractivity contribution in [3.8, 4) is 0 Å². The first kappa shape index (κ1) is 18.7. The topological polar surface area (TPSA) is 73.8 Å². The molecule has 1 aliphatic carbocycles. The van der Waals surface area contributed by atoms with Crippen molar-refractivity contribution in [2.75, 3.05) is 0 Å². The van der Waals surface area contributed by atoms with Crippen molar-refractivity contribution >= 4 is 33.3 Å². The molecule has 27 heavy (non-hydrogen) atoms. The molecule has 3 aromatic heterocycles. The minimum atomic E-state index is 0.115. The number of hydrogen-bond donors (Lipinski definition) is 0. The number of aryl methyl sites for hydroxylation is 3. The van der Waals surface area contributed by atoms with Gasteiger partial charge in [0.25, 0.3) is 5.56 Å². The van der Waals surface area contributed by atoms with Crippen LogP contribution in [0.3, 0.4) is 0 Å². The highest BCUT2D eigenvalue weighted by Crippen LogP contribution is 2.35. The van der Waals surface area contributed by atoms with Crippen LogP contribution in [0.25, 0.3) is 10.2 Å². The molecule has 0 unspecified atom stereocenters. The Hall–Kier alpha value is -1.67. The lowest BCUT2D eigenvalue weighted by Gasteiger charge is -2.14. The predicted molar refractivity (Wildman–Crippen MR) is 109 cm³/mol. The molecule has 8 heteroatoms. The van der Waals surface area contributed by atoms with Gasteiger partial charge in [0.15, 0.2) is 11.0 Å². The summed E-state index contributed by atoms with van der Waals surface area (Å²) in [7, 11) is 0. The van der Waals surface area contributed by atoms with Crippen LogP contribution < -0.4 is 5.56 Å². The van der Waals surface area contributed by atoms with Crippen molar-refractivity contribution in [2.24, 2.45) is 5.92 Å². The zero-order valence-corrected chi connectivity index (χ0v) is 17.6. The number of hydrogen-bond acceptors (Lipinski definition) is 7. The number of nitrogens with zero attached hydrogens (tertiary/aromatic N) is 4. The Bertz CT molecular complexity index is 1020. The third-order valence-electron chi connectivity index (χ3n) is 4.86. The number of thiophene rings is 1. The highest BCUT2D eigenvalue weighted by atomic mass is 32.2. The van der Waals surface area contributed by atoms with Crippen molar-refractivity contribution in [2.45, 2.75) is 70.3 Å². The zero-order valence-electron chi connectivity index (χ0n) is 15.9. The van der Waals surface area contributed by atoms with E-state index in [2.05, 4.69) is 24.0 Å². The maximum Gasteiger partial charge on any atom is 0.263 e. The summed E-state index contributed by atoms with van der Waals surface area (Å²) in [5.41, 5.74) is 1.37. The zero-order chi connectivity index (χ0) is 19.0. The van der Waals surface area contributed by atoms with E-state index >= 15 is 0 Å². The van der Waals surface area contributed by atoms with Crippen LogP contribution in [0.4, 0.5) is 0 Å². The average Bonchev–Trinajstić information content (AvgIpc) is 3.22. The van der Waals surface area contributed by atoms with Crippen LogP contribution in [0.5, 0.6) is 0 Å². The Kier molecular flexibility index (Phi) is 5.36. The lowest BCUT2D eigenvalue weighted by Crippen LogP contribution is -2.24. The molecule has 0 fully saturated rings. The van der Waals surface area contributed by atoms with Gasteiger partial charge in [-0.15, -0.1) is 11.3 Å². The first-order chi connectivity index (χ1) is 13.0. The molecule has 6 nitrogen and oxygen atoms in total. The first-order valence-electron chi connectivity index (χ1n) is 9.50. The van der Waals surface area contributed by atoms with Gasteiger partial charge in [-0.2, -0.15) is 4.98 Å². The summed E-state index contributed by atoms with van der Waals surface area (Å²) in [6.45, 7) is 6.85. The average molecular weight is 405 g/mol. The molecule has 0 bridgehead atoms. The largest absolute Gasteiger partial charge is 0.338 e. The second-order valence-corrected chi connectivity index (χ2v) is 9.47. The van der Waals surface area contributed by atoms with Crippen molar-refractivity contribution in [1.29, 1.82) is 0 Å². The van der Waals surface area contributed by atoms with Crippen molar-refractivity contribution in [3.63, 3.8) is 0 Å². The van der Waals surface area contributed by atoms with Crippen molar-refractivity contribution in [1.82, 2.24) is 19.7 Å². The summed E-state index contributed by atoms with van der Waals surface area (Å²) in [6, 6.07) is 0. The minimum absolute atomic E-state index is 0.115. The first-order valence-corrected chi connectivity index (χ1v) is 11.3. The van der Waals surface area contributed by atoms with Gasteiger partial charge >= 0.3 is 0 Å². The SMILES string of the molecule is Cc1noc(CSc2nc3sc4c(c3c(=O)n2CCC(C)C)CCCC4)n1. The Balaban J connectivity index is 1.75. The Morgan fingerprint density at radius 1 is 1.26 bits per heavy atom. The van der Waals surface area contributed by atoms with Crippen LogP contribution in [0, 0.1) is 12.8 Å². The monoisotopic (exact) mass is 404 g/mol. The van der Waals surface area contributed by atoms with E-state index in [1.54, 1.807) is 18.3 Å². The molecule has 0 N–H and O–H groups in total. The molecule has 0 saturated carbocycles. The fraction of sp³-hybridized carbons (Fsp3) is 0.579. The molecule has 0 saturated heterocycles. The van der Waals surface area contributed by atoms with Crippen LogP contribution in [0.1, 0.15) is 55.3 Å². The molecule has 0 aliphatic heterocycles. The van der Waals surface area contributed by atoms with E-state index in [-0.39, 0.29) is 5.56 Å². The van der Waals surface area contributed by atoms with E-state index < -0.39 is 0 Å². The second-order valence-electron chi connectivity index (χ2n) is 7.45. The standard InChI is InChI=1S/C19H24N4O2S2/c1-11(2)8-9-23-18(24)16-13-6-4-5-7-14(13)27-17(16)21-19(23)26-10-15-20-12(3)22-25-15/h11H,4-10H2,1-3H3. The molecule has 0 amide bonds. The van der Waals surface area contributed by atoms with Gasteiger partial charge in [0, 0.05) is 11.4 Å². The van der Waals surface area contributed by atoms with E-state index in [0.29, 0.717) is 29.9 Å². The molecule has 144 valence electrons. The van der Waals surface area contributed by atoms with Gasteiger partial charge in [0.2, 0.25) is 5.89 Å². The van der Waals surface area contributed by atoms with Crippen LogP contribution >= 0.6 is 23.1 Å². The van der Waals surface area contributed by atoms with E-state index in [1.807, 2.05) is 4.57 Å². The van der Waals surface area contributed by atoms with Crippen LogP contribution in [0.2, 0.25) is 0 Å². The molecule has 3 aromatic rings. The van der Waals surface area contributed by atoms with Crippen LogP contribution in [-0.2, 0) is 25.1 Å². The van der Waals surface area contributed by atoms with Gasteiger partial charge in [-0.3, -0.25) is 9.36 Å². The van der Waals surface area contributed by atoms with Crippen molar-refractivity contribution < 1.29 is 4.52 Å². The van der Waals surface area contributed by atoms with Gasteiger partial charge in [0.05, 0.1) is 11.1 Å². The van der Waals surface area contributed by atoms with E-state index in [4.69, 9.17) is 9.51 Å². The number of aromatic nitrogens is 4. The van der Waals surface area contributed by atoms with Crippen LogP contribution in [0.15, 0.2) is 14.5 Å². The third kappa shape index (κ3) is 3.82. The number of thioether (sulfide) groups is 1. The summed E-state index contributed by atoms with van der Waals surface area (Å²) < 4.78 is 7.07. The van der Waals surface area contributed by atoms with E-state index in [9.17, 15) is 4.79 Å². The maximum absolute atomic E-state index is 13.4. The third-order valence-corrected chi connectivity index (χ3v) is 7.01. The quantitative estimate of drug-likeness (QED) is 0.449. The number of fused-ring (bicyclic) bond motifs is 3. The predicted octanol–water partition coefficient (Wildman–Crippen LogP) is 4.37. The van der Waals surface area contributed by atoms with E-state index in [0.717, 1.165) is 41.1 Å². The van der Waals surface area contributed by atoms with Gasteiger partial charge < -0.3 is 4.52 Å². The Morgan fingerprint density at radius 3 is 2.81 bits per heavy atom. The van der Waals surface area contributed by atoms with Gasteiger partial charge in [-0.25, -0.2) is 4.98 Å². The second kappa shape index (κ2) is 7.75. The van der Waals surface area contributed by atoms with E-state index in [1.165, 1.54) is 28.6 Å². The molecule has 0 aromatic carbocycles. The van der Waals surface area contributed by atoms with Gasteiger partial charge in [0.1, 0.15) is 4.83 Å². The molecular formula is C19H24N4O2S2. The summed E-state index contributed by atoms with van der Waals surface area (Å²) in [4.78, 5) is 24.8. The number of rotatable bonds is 6. The lowest BCUT2D eigenvalue weighted by molar-refractivity contribution is 0.386. The summed E-state index contributed by atoms with van der Waals surface area (Å²) in [6.07, 6.45) is 5.40. The fourth-order valence-corrected chi connectivity index (χ4v) is 5.60. The Morgan fingerprint density at radius 2 is 2.07 bits per heavy atom. The smallest absolute Gasteiger partial charge is 0.263 e. The molecule has 0 atom stereocenters. The van der Waals surface area contributed by atoms with Gasteiger partial charge in [-0.1, -0.05) is 30.8 Å². The lowest BCUT2D eigenvalue weighted by atomic mass is 9.97. The summed E-state index contributed by atoms with van der Waals surface area (Å²) >= 11 is 3.20. The molecule has 3 heterocycles. The maximum atomic E-state index is 13.4. The van der Waals surface area contributed by atoms with Crippen molar-refractivity contribution in [3.05, 3.63) is 32.5 Å². The van der Waals surface area contributed by atoms with Gasteiger partial charge in [-0.05, 0) is 50.5 Å². The molecule has 4 rings (SSSR count).